The van der Waals surface area contributed by atoms with Crippen LogP contribution >= 0.6 is 11.3 Å². The van der Waals surface area contributed by atoms with E-state index in [0.29, 0.717) is 11.3 Å². The van der Waals surface area contributed by atoms with Crippen LogP contribution in [0.15, 0.2) is 65.7 Å². The van der Waals surface area contributed by atoms with Crippen molar-refractivity contribution >= 4 is 43.3 Å². The van der Waals surface area contributed by atoms with Gasteiger partial charge in [0, 0.05) is 23.0 Å². The van der Waals surface area contributed by atoms with Crippen molar-refractivity contribution in [2.24, 2.45) is 5.14 Å². The molecule has 0 aliphatic rings. The van der Waals surface area contributed by atoms with E-state index < -0.39 is 10.0 Å². The van der Waals surface area contributed by atoms with Crippen molar-refractivity contribution in [3.05, 3.63) is 71.9 Å². The van der Waals surface area contributed by atoms with E-state index in [1.165, 1.54) is 35.6 Å². The molecule has 2 aromatic carbocycles. The quantitative estimate of drug-likeness (QED) is 0.520. The van der Waals surface area contributed by atoms with Crippen molar-refractivity contribution in [2.45, 2.75) is 11.8 Å². The molecule has 7 nitrogen and oxygen atoms in total. The van der Waals surface area contributed by atoms with Gasteiger partial charge in [-0.15, -0.1) is 0 Å². The largest absolute Gasteiger partial charge is 0.322 e. The molecular formula is C20H16N4O3S2. The van der Waals surface area contributed by atoms with Crippen LogP contribution in [0.2, 0.25) is 0 Å². The number of aromatic nitrogens is 2. The molecule has 146 valence electrons. The van der Waals surface area contributed by atoms with Gasteiger partial charge in [-0.1, -0.05) is 23.5 Å². The summed E-state index contributed by atoms with van der Waals surface area (Å²) in [5.74, 6) is -0.350. The lowest BCUT2D eigenvalue weighted by atomic mass is 10.1. The summed E-state index contributed by atoms with van der Waals surface area (Å²) in [6.07, 6.45) is 1.73. The van der Waals surface area contributed by atoms with E-state index in [-0.39, 0.29) is 10.8 Å². The highest BCUT2D eigenvalue weighted by molar-refractivity contribution is 7.89. The Balaban J connectivity index is 1.61. The van der Waals surface area contributed by atoms with E-state index in [1.54, 1.807) is 6.20 Å². The number of carbonyl (C=O) groups is 1. The number of sulfonamides is 1. The standard InChI is InChI=1S/C20H16N4O3S2/c1-12-4-5-14(19-24-16-3-2-10-22-20(16)28-19)11-17(12)23-18(25)13-6-8-15(9-7-13)29(21,26)27/h2-11H,1H3,(H,23,25)(H2,21,26,27). The van der Waals surface area contributed by atoms with Gasteiger partial charge in [-0.2, -0.15) is 0 Å². The number of nitrogens with one attached hydrogen (secondary N) is 1. The van der Waals surface area contributed by atoms with Crippen LogP contribution in [0.4, 0.5) is 5.69 Å². The molecule has 0 fully saturated rings. The predicted molar refractivity (Wildman–Crippen MR) is 113 cm³/mol. The van der Waals surface area contributed by atoms with Crippen LogP contribution in [-0.2, 0) is 10.0 Å². The summed E-state index contributed by atoms with van der Waals surface area (Å²) in [6, 6.07) is 14.9. The van der Waals surface area contributed by atoms with Crippen molar-refractivity contribution in [1.82, 2.24) is 9.97 Å². The average molecular weight is 425 g/mol. The van der Waals surface area contributed by atoms with Gasteiger partial charge in [-0.25, -0.2) is 23.5 Å². The van der Waals surface area contributed by atoms with E-state index in [1.807, 2.05) is 37.3 Å². The molecular weight excluding hydrogens is 408 g/mol. The third kappa shape index (κ3) is 4.02. The zero-order chi connectivity index (χ0) is 20.6. The molecule has 0 aliphatic heterocycles. The molecule has 0 saturated carbocycles. The smallest absolute Gasteiger partial charge is 0.255 e. The fraction of sp³-hybridized carbons (Fsp3) is 0.0500. The molecule has 1 amide bonds. The van der Waals surface area contributed by atoms with Crippen LogP contribution < -0.4 is 10.5 Å². The number of hydrogen-bond acceptors (Lipinski definition) is 6. The number of primary sulfonamides is 1. The molecule has 0 atom stereocenters. The zero-order valence-electron chi connectivity index (χ0n) is 15.3. The lowest BCUT2D eigenvalue weighted by molar-refractivity contribution is 0.102. The highest BCUT2D eigenvalue weighted by atomic mass is 32.2. The Morgan fingerprint density at radius 3 is 2.55 bits per heavy atom. The third-order valence-electron chi connectivity index (χ3n) is 4.34. The van der Waals surface area contributed by atoms with Gasteiger partial charge in [0.25, 0.3) is 5.91 Å². The lowest BCUT2D eigenvalue weighted by Crippen LogP contribution is -2.15. The minimum atomic E-state index is -3.80. The van der Waals surface area contributed by atoms with E-state index in [2.05, 4.69) is 15.3 Å². The first kappa shape index (κ1) is 19.2. The molecule has 29 heavy (non-hydrogen) atoms. The molecule has 0 aliphatic carbocycles. The SMILES string of the molecule is Cc1ccc(-c2nc3cccnc3s2)cc1NC(=O)c1ccc(S(N)(=O)=O)cc1. The van der Waals surface area contributed by atoms with E-state index in [9.17, 15) is 13.2 Å². The van der Waals surface area contributed by atoms with Gasteiger partial charge < -0.3 is 5.32 Å². The third-order valence-corrected chi connectivity index (χ3v) is 6.30. The van der Waals surface area contributed by atoms with Crippen molar-refractivity contribution in [2.75, 3.05) is 5.32 Å². The van der Waals surface area contributed by atoms with Crippen LogP contribution in [-0.4, -0.2) is 24.3 Å². The number of rotatable bonds is 4. The molecule has 0 radical (unpaired) electrons. The summed E-state index contributed by atoms with van der Waals surface area (Å²) >= 11 is 1.48. The summed E-state index contributed by atoms with van der Waals surface area (Å²) in [6.45, 7) is 1.89. The maximum absolute atomic E-state index is 12.6. The summed E-state index contributed by atoms with van der Waals surface area (Å²) in [7, 11) is -3.80. The maximum Gasteiger partial charge on any atom is 0.255 e. The number of carbonyl (C=O) groups excluding carboxylic acids is 1. The molecule has 0 saturated heterocycles. The van der Waals surface area contributed by atoms with Gasteiger partial charge in [0.1, 0.15) is 15.4 Å². The molecule has 9 heteroatoms. The monoisotopic (exact) mass is 424 g/mol. The molecule has 2 heterocycles. The fourth-order valence-electron chi connectivity index (χ4n) is 2.77. The van der Waals surface area contributed by atoms with Gasteiger partial charge in [0.15, 0.2) is 0 Å². The molecule has 0 unspecified atom stereocenters. The van der Waals surface area contributed by atoms with Crippen LogP contribution in [0.25, 0.3) is 20.9 Å². The minimum absolute atomic E-state index is 0.0447. The van der Waals surface area contributed by atoms with E-state index >= 15 is 0 Å². The number of pyridine rings is 1. The Labute approximate surface area is 171 Å². The number of anilines is 1. The van der Waals surface area contributed by atoms with Crippen molar-refractivity contribution in [1.29, 1.82) is 0 Å². The van der Waals surface area contributed by atoms with E-state index in [0.717, 1.165) is 26.5 Å². The number of thiazole rings is 1. The Hall–Kier alpha value is -3.14. The van der Waals surface area contributed by atoms with Crippen LogP contribution in [0.1, 0.15) is 15.9 Å². The summed E-state index contributed by atoms with van der Waals surface area (Å²) in [5, 5.41) is 8.77. The highest BCUT2D eigenvalue weighted by Crippen LogP contribution is 2.31. The summed E-state index contributed by atoms with van der Waals surface area (Å²) in [5.41, 5.74) is 3.57. The summed E-state index contributed by atoms with van der Waals surface area (Å²) in [4.78, 5) is 22.3. The molecule has 2 aromatic heterocycles. The molecule has 3 N–H and O–H groups in total. The number of amides is 1. The fourth-order valence-corrected chi connectivity index (χ4v) is 4.19. The highest BCUT2D eigenvalue weighted by Gasteiger charge is 2.13. The Morgan fingerprint density at radius 2 is 1.86 bits per heavy atom. The van der Waals surface area contributed by atoms with E-state index in [4.69, 9.17) is 5.14 Å². The number of hydrogen-bond donors (Lipinski definition) is 2. The number of benzene rings is 2. The number of fused-ring (bicyclic) bond motifs is 1. The predicted octanol–water partition coefficient (Wildman–Crippen LogP) is 3.57. The van der Waals surface area contributed by atoms with Crippen LogP contribution in [0, 0.1) is 6.92 Å². The molecule has 0 bridgehead atoms. The molecule has 4 aromatic rings. The summed E-state index contributed by atoms with van der Waals surface area (Å²) < 4.78 is 22.7. The minimum Gasteiger partial charge on any atom is -0.322 e. The van der Waals surface area contributed by atoms with Gasteiger partial charge in [0.2, 0.25) is 10.0 Å². The zero-order valence-corrected chi connectivity index (χ0v) is 16.9. The number of aryl methyl sites for hydroxylation is 1. The average Bonchev–Trinajstić information content (AvgIpc) is 3.13. The first-order valence-electron chi connectivity index (χ1n) is 8.58. The van der Waals surface area contributed by atoms with Crippen LogP contribution in [0.3, 0.4) is 0 Å². The second-order valence-corrected chi connectivity index (χ2v) is 8.94. The normalized spacial score (nSPS) is 11.5. The second-order valence-electron chi connectivity index (χ2n) is 6.40. The second kappa shape index (κ2) is 7.36. The van der Waals surface area contributed by atoms with Gasteiger partial charge in [-0.3, -0.25) is 4.79 Å². The van der Waals surface area contributed by atoms with Crippen molar-refractivity contribution < 1.29 is 13.2 Å². The lowest BCUT2D eigenvalue weighted by Gasteiger charge is -2.10. The molecule has 4 rings (SSSR count). The molecule has 0 spiro atoms. The van der Waals surface area contributed by atoms with Crippen molar-refractivity contribution in [3.8, 4) is 10.6 Å². The number of nitrogens with zero attached hydrogens (tertiary/aromatic N) is 2. The first-order valence-corrected chi connectivity index (χ1v) is 10.9. The van der Waals surface area contributed by atoms with Gasteiger partial charge in [-0.05, 0) is 55.0 Å². The van der Waals surface area contributed by atoms with Crippen LogP contribution in [0.5, 0.6) is 0 Å². The maximum atomic E-state index is 12.6. The van der Waals surface area contributed by atoms with Gasteiger partial charge >= 0.3 is 0 Å². The van der Waals surface area contributed by atoms with Crippen molar-refractivity contribution in [3.63, 3.8) is 0 Å². The number of nitrogens with two attached hydrogens (primary N) is 1. The van der Waals surface area contributed by atoms with Gasteiger partial charge in [0.05, 0.1) is 4.90 Å². The Bertz CT molecular complexity index is 1300. The Morgan fingerprint density at radius 1 is 1.10 bits per heavy atom. The topological polar surface area (TPSA) is 115 Å². The Kier molecular flexibility index (Phi) is 4.87. The first-order chi connectivity index (χ1) is 13.8.